The number of amides is 1. The monoisotopic (exact) mass is 361 g/mol. The minimum Gasteiger partial charge on any atom is -0.385 e. The molecule has 7 heteroatoms. The Bertz CT molecular complexity index is 638. The molecule has 2 fully saturated rings. The van der Waals surface area contributed by atoms with Crippen molar-refractivity contribution in [2.24, 2.45) is 5.41 Å². The average Bonchev–Trinajstić information content (AvgIpc) is 2.64. The molecular formula is C19H31N5O2. The van der Waals surface area contributed by atoms with Gasteiger partial charge >= 0.3 is 0 Å². The van der Waals surface area contributed by atoms with Crippen molar-refractivity contribution in [2.75, 3.05) is 57.2 Å². The largest absolute Gasteiger partial charge is 0.385 e. The Labute approximate surface area is 156 Å². The maximum Gasteiger partial charge on any atom is 0.227 e. The number of hydrogen-bond donors (Lipinski definition) is 1. The van der Waals surface area contributed by atoms with Crippen LogP contribution in [0.15, 0.2) is 6.07 Å². The number of hydrogen-bond acceptors (Lipinski definition) is 6. The summed E-state index contributed by atoms with van der Waals surface area (Å²) in [4.78, 5) is 26.0. The van der Waals surface area contributed by atoms with Gasteiger partial charge in [0.15, 0.2) is 0 Å². The lowest BCUT2D eigenvalue weighted by Gasteiger charge is -2.48. The second-order valence-corrected chi connectivity index (χ2v) is 7.63. The van der Waals surface area contributed by atoms with Crippen molar-refractivity contribution >= 4 is 17.7 Å². The molecule has 7 nitrogen and oxygen atoms in total. The van der Waals surface area contributed by atoms with Crippen LogP contribution in [0, 0.1) is 12.3 Å². The summed E-state index contributed by atoms with van der Waals surface area (Å²) in [7, 11) is 3.59. The third-order valence-electron chi connectivity index (χ3n) is 5.57. The van der Waals surface area contributed by atoms with Crippen molar-refractivity contribution in [1.82, 2.24) is 14.9 Å². The standard InChI is InChI=1S/C19H31N5O2/c1-15-12-16(20-2)22-18(21-15)24-9-4-7-19(14-24)8-6-17(25)23(13-19)10-5-11-26-3/h12H,4-11,13-14H2,1-3H3,(H,20,21,22). The summed E-state index contributed by atoms with van der Waals surface area (Å²) in [6, 6.07) is 1.96. The summed E-state index contributed by atoms with van der Waals surface area (Å²) in [6.45, 7) is 6.24. The Morgan fingerprint density at radius 2 is 2.15 bits per heavy atom. The molecule has 0 aliphatic carbocycles. The molecular weight excluding hydrogens is 330 g/mol. The van der Waals surface area contributed by atoms with Crippen LogP contribution in [0.25, 0.3) is 0 Å². The Morgan fingerprint density at radius 1 is 1.31 bits per heavy atom. The summed E-state index contributed by atoms with van der Waals surface area (Å²) < 4.78 is 5.14. The summed E-state index contributed by atoms with van der Waals surface area (Å²) in [5.74, 6) is 1.94. The van der Waals surface area contributed by atoms with Crippen LogP contribution in [0.2, 0.25) is 0 Å². The van der Waals surface area contributed by atoms with Gasteiger partial charge in [-0.3, -0.25) is 4.79 Å². The van der Waals surface area contributed by atoms with E-state index in [1.807, 2.05) is 24.9 Å². The van der Waals surface area contributed by atoms with Crippen LogP contribution < -0.4 is 10.2 Å². The van der Waals surface area contributed by atoms with Crippen LogP contribution >= 0.6 is 0 Å². The van der Waals surface area contributed by atoms with E-state index < -0.39 is 0 Å². The van der Waals surface area contributed by atoms with E-state index in [0.717, 1.165) is 62.9 Å². The van der Waals surface area contributed by atoms with Crippen LogP contribution in [0.5, 0.6) is 0 Å². The highest BCUT2D eigenvalue weighted by Gasteiger charge is 2.42. The van der Waals surface area contributed by atoms with Crippen LogP contribution in [0.1, 0.15) is 37.8 Å². The summed E-state index contributed by atoms with van der Waals surface area (Å²) in [6.07, 6.45) is 4.80. The maximum atomic E-state index is 12.3. The van der Waals surface area contributed by atoms with E-state index in [0.29, 0.717) is 13.0 Å². The minimum absolute atomic E-state index is 0.159. The fourth-order valence-electron chi connectivity index (χ4n) is 4.24. The fourth-order valence-corrected chi connectivity index (χ4v) is 4.24. The minimum atomic E-state index is 0.159. The van der Waals surface area contributed by atoms with Crippen molar-refractivity contribution < 1.29 is 9.53 Å². The average molecular weight is 361 g/mol. The molecule has 1 spiro atoms. The number of anilines is 2. The van der Waals surface area contributed by atoms with Gasteiger partial charge in [-0.2, -0.15) is 4.98 Å². The Hall–Kier alpha value is -1.89. The molecule has 26 heavy (non-hydrogen) atoms. The third-order valence-corrected chi connectivity index (χ3v) is 5.57. The quantitative estimate of drug-likeness (QED) is 0.782. The van der Waals surface area contributed by atoms with Gasteiger partial charge in [-0.05, 0) is 32.6 Å². The Morgan fingerprint density at radius 3 is 2.92 bits per heavy atom. The van der Waals surface area contributed by atoms with Crippen molar-refractivity contribution in [3.05, 3.63) is 11.8 Å². The van der Waals surface area contributed by atoms with E-state index in [-0.39, 0.29) is 11.3 Å². The summed E-state index contributed by atoms with van der Waals surface area (Å²) >= 11 is 0. The maximum absolute atomic E-state index is 12.3. The molecule has 1 aromatic rings. The third kappa shape index (κ3) is 4.26. The molecule has 2 aliphatic rings. The lowest BCUT2D eigenvalue weighted by Crippen LogP contribution is -2.54. The molecule has 0 bridgehead atoms. The first kappa shape index (κ1) is 18.9. The van der Waals surface area contributed by atoms with Gasteiger partial charge in [0.25, 0.3) is 0 Å². The smallest absolute Gasteiger partial charge is 0.227 e. The van der Waals surface area contributed by atoms with Gasteiger partial charge in [-0.25, -0.2) is 4.98 Å². The summed E-state index contributed by atoms with van der Waals surface area (Å²) in [5.41, 5.74) is 1.13. The summed E-state index contributed by atoms with van der Waals surface area (Å²) in [5, 5.41) is 3.12. The van der Waals surface area contributed by atoms with Crippen molar-refractivity contribution in [2.45, 2.75) is 39.0 Å². The van der Waals surface area contributed by atoms with E-state index >= 15 is 0 Å². The number of aromatic nitrogens is 2. The number of aryl methyl sites for hydroxylation is 1. The van der Waals surface area contributed by atoms with Gasteiger partial charge in [-0.1, -0.05) is 0 Å². The van der Waals surface area contributed by atoms with Gasteiger partial charge in [0.05, 0.1) is 0 Å². The second kappa shape index (κ2) is 8.20. The number of likely N-dealkylation sites (tertiary alicyclic amines) is 1. The molecule has 1 atom stereocenters. The predicted molar refractivity (Wildman–Crippen MR) is 103 cm³/mol. The predicted octanol–water partition coefficient (Wildman–Crippen LogP) is 2.07. The molecule has 1 unspecified atom stereocenters. The van der Waals surface area contributed by atoms with Crippen LogP contribution in [-0.2, 0) is 9.53 Å². The molecule has 3 rings (SSSR count). The lowest BCUT2D eigenvalue weighted by atomic mass is 9.73. The van der Waals surface area contributed by atoms with Crippen molar-refractivity contribution in [3.8, 4) is 0 Å². The van der Waals surface area contributed by atoms with E-state index in [2.05, 4.69) is 20.2 Å². The number of piperidine rings is 2. The molecule has 1 aromatic heterocycles. The molecule has 144 valence electrons. The first-order valence-electron chi connectivity index (χ1n) is 9.60. The normalized spacial score (nSPS) is 23.6. The molecule has 2 aliphatic heterocycles. The van der Waals surface area contributed by atoms with E-state index in [1.54, 1.807) is 7.11 Å². The number of methoxy groups -OCH3 is 1. The first-order valence-corrected chi connectivity index (χ1v) is 9.60. The lowest BCUT2D eigenvalue weighted by molar-refractivity contribution is -0.138. The first-order chi connectivity index (χ1) is 12.5. The second-order valence-electron chi connectivity index (χ2n) is 7.63. The molecule has 2 saturated heterocycles. The Kier molecular flexibility index (Phi) is 5.96. The topological polar surface area (TPSA) is 70.6 Å². The van der Waals surface area contributed by atoms with Gasteiger partial charge in [0.2, 0.25) is 11.9 Å². The van der Waals surface area contributed by atoms with Gasteiger partial charge < -0.3 is 19.9 Å². The number of nitrogens with zero attached hydrogens (tertiary/aromatic N) is 4. The molecule has 0 saturated carbocycles. The van der Waals surface area contributed by atoms with E-state index in [1.165, 1.54) is 6.42 Å². The number of carbonyl (C=O) groups is 1. The van der Waals surface area contributed by atoms with E-state index in [9.17, 15) is 4.79 Å². The van der Waals surface area contributed by atoms with Gasteiger partial charge in [-0.15, -0.1) is 0 Å². The number of rotatable bonds is 6. The highest BCUT2D eigenvalue weighted by molar-refractivity contribution is 5.77. The Balaban J connectivity index is 1.72. The van der Waals surface area contributed by atoms with E-state index in [4.69, 9.17) is 4.74 Å². The number of carbonyl (C=O) groups excluding carboxylic acids is 1. The van der Waals surface area contributed by atoms with Crippen molar-refractivity contribution in [1.29, 1.82) is 0 Å². The van der Waals surface area contributed by atoms with Crippen LogP contribution in [0.4, 0.5) is 11.8 Å². The molecule has 3 heterocycles. The van der Waals surface area contributed by atoms with Gasteiger partial charge in [0.1, 0.15) is 5.82 Å². The number of nitrogens with one attached hydrogen (secondary N) is 1. The zero-order valence-corrected chi connectivity index (χ0v) is 16.3. The highest BCUT2D eigenvalue weighted by atomic mass is 16.5. The highest BCUT2D eigenvalue weighted by Crippen LogP contribution is 2.39. The van der Waals surface area contributed by atoms with Gasteiger partial charge in [0, 0.05) is 70.5 Å². The fraction of sp³-hybridized carbons (Fsp3) is 0.737. The molecule has 1 N–H and O–H groups in total. The molecule has 1 amide bonds. The molecule has 0 radical (unpaired) electrons. The van der Waals surface area contributed by atoms with Crippen LogP contribution in [-0.4, -0.2) is 67.7 Å². The SMILES string of the molecule is CNc1cc(C)nc(N2CCCC3(CCC(=O)N(CCCOC)C3)C2)n1. The zero-order valence-electron chi connectivity index (χ0n) is 16.3. The molecule has 0 aromatic carbocycles. The van der Waals surface area contributed by atoms with Crippen LogP contribution in [0.3, 0.4) is 0 Å². The number of ether oxygens (including phenoxy) is 1. The zero-order chi connectivity index (χ0) is 18.6. The van der Waals surface area contributed by atoms with Crippen molar-refractivity contribution in [3.63, 3.8) is 0 Å².